The van der Waals surface area contributed by atoms with Crippen LogP contribution in [-0.2, 0) is 0 Å². The molecular weight excluding hydrogens is 188 g/mol. The number of rotatable bonds is 1. The van der Waals surface area contributed by atoms with Crippen LogP contribution in [0.5, 0.6) is 0 Å². The lowest BCUT2D eigenvalue weighted by molar-refractivity contribution is 1.25. The van der Waals surface area contributed by atoms with Gasteiger partial charge in [0.2, 0.25) is 0 Å². The zero-order valence-electron chi connectivity index (χ0n) is 6.53. The first-order chi connectivity index (χ1) is 5.86. The Labute approximate surface area is 81.6 Å². The third-order valence-electron chi connectivity index (χ3n) is 1.88. The fraction of sp³-hybridized carbons (Fsp3) is 0.200. The number of halogens is 1. The Balaban J connectivity index is 2.23. The van der Waals surface area contributed by atoms with E-state index in [9.17, 15) is 0 Å². The van der Waals surface area contributed by atoms with E-state index in [4.69, 9.17) is 11.6 Å². The van der Waals surface area contributed by atoms with Crippen LogP contribution in [0.2, 0.25) is 5.02 Å². The lowest BCUT2D eigenvalue weighted by atomic mass is 10.1. The first-order valence-electron chi connectivity index (χ1n) is 3.90. The van der Waals surface area contributed by atoms with Crippen molar-refractivity contribution in [2.24, 2.45) is 0 Å². The molecule has 0 amide bonds. The Hall–Kier alpha value is -0.400. The molecule has 1 aromatic carbocycles. The molecule has 0 bridgehead atoms. The van der Waals surface area contributed by atoms with Gasteiger partial charge in [0.1, 0.15) is 0 Å². The monoisotopic (exact) mass is 196 g/mol. The largest absolute Gasteiger partial charge is 0.145 e. The Morgan fingerprint density at radius 2 is 2.00 bits per heavy atom. The van der Waals surface area contributed by atoms with Crippen LogP contribution in [-0.4, -0.2) is 5.75 Å². The summed E-state index contributed by atoms with van der Waals surface area (Å²) in [6.07, 6.45) is 4.46. The van der Waals surface area contributed by atoms with Gasteiger partial charge in [-0.05, 0) is 17.7 Å². The Kier molecular flexibility index (Phi) is 2.43. The summed E-state index contributed by atoms with van der Waals surface area (Å²) in [5.74, 6) is 1.13. The average molecular weight is 197 g/mol. The number of hydrogen-bond acceptors (Lipinski definition) is 1. The van der Waals surface area contributed by atoms with Crippen LogP contribution in [0.15, 0.2) is 36.4 Å². The average Bonchev–Trinajstić information content (AvgIpc) is 2.58. The normalized spacial score (nSPS) is 21.6. The van der Waals surface area contributed by atoms with Gasteiger partial charge in [-0.1, -0.05) is 35.9 Å². The molecule has 1 aliphatic heterocycles. The van der Waals surface area contributed by atoms with Gasteiger partial charge >= 0.3 is 0 Å². The molecule has 1 unspecified atom stereocenters. The highest BCUT2D eigenvalue weighted by atomic mass is 35.5. The Morgan fingerprint density at radius 3 is 2.58 bits per heavy atom. The van der Waals surface area contributed by atoms with E-state index in [1.165, 1.54) is 5.56 Å². The maximum absolute atomic E-state index is 5.79. The van der Waals surface area contributed by atoms with Crippen molar-refractivity contribution in [3.63, 3.8) is 0 Å². The molecule has 0 aromatic heterocycles. The van der Waals surface area contributed by atoms with Gasteiger partial charge in [-0.15, -0.1) is 11.8 Å². The molecule has 2 rings (SSSR count). The maximum atomic E-state index is 5.79. The zero-order valence-corrected chi connectivity index (χ0v) is 8.11. The predicted octanol–water partition coefficient (Wildman–Crippen LogP) is 3.68. The maximum Gasteiger partial charge on any atom is 0.0480 e. The molecule has 1 atom stereocenters. The molecule has 1 aromatic rings. The smallest absolute Gasteiger partial charge is 0.0480 e. The molecule has 62 valence electrons. The molecule has 0 nitrogen and oxygen atoms in total. The summed E-state index contributed by atoms with van der Waals surface area (Å²) in [5.41, 5.74) is 1.35. The van der Waals surface area contributed by atoms with Crippen LogP contribution in [0, 0.1) is 0 Å². The lowest BCUT2D eigenvalue weighted by Crippen LogP contribution is -1.85. The second-order valence-corrected chi connectivity index (χ2v) is 4.34. The standard InChI is InChI=1S/C10H9ClS/c11-9-5-3-8(4-6-9)10-2-1-7-12-10/h1-6,10H,7H2. The lowest BCUT2D eigenvalue weighted by Gasteiger charge is -2.06. The van der Waals surface area contributed by atoms with Crippen LogP contribution in [0.4, 0.5) is 0 Å². The fourth-order valence-electron chi connectivity index (χ4n) is 1.25. The summed E-state index contributed by atoms with van der Waals surface area (Å²) in [4.78, 5) is 0. The van der Waals surface area contributed by atoms with Crippen LogP contribution >= 0.6 is 23.4 Å². The molecule has 0 aliphatic carbocycles. The SMILES string of the molecule is Clc1ccc(C2C=CCS2)cc1. The molecule has 0 spiro atoms. The van der Waals surface area contributed by atoms with Gasteiger partial charge in [-0.3, -0.25) is 0 Å². The van der Waals surface area contributed by atoms with Crippen LogP contribution in [0.1, 0.15) is 10.8 Å². The van der Waals surface area contributed by atoms with E-state index in [1.54, 1.807) is 0 Å². The molecule has 2 heteroatoms. The van der Waals surface area contributed by atoms with Gasteiger partial charge in [0, 0.05) is 16.0 Å². The Morgan fingerprint density at radius 1 is 1.25 bits per heavy atom. The first kappa shape index (κ1) is 8.21. The molecule has 0 fully saturated rings. The van der Waals surface area contributed by atoms with E-state index in [2.05, 4.69) is 24.3 Å². The zero-order chi connectivity index (χ0) is 8.39. The van der Waals surface area contributed by atoms with Gasteiger partial charge in [0.25, 0.3) is 0 Å². The molecule has 1 heterocycles. The van der Waals surface area contributed by atoms with E-state index in [-0.39, 0.29) is 0 Å². The van der Waals surface area contributed by atoms with Crippen molar-refractivity contribution in [2.45, 2.75) is 5.25 Å². The number of benzene rings is 1. The highest BCUT2D eigenvalue weighted by molar-refractivity contribution is 8.00. The molecule has 0 saturated carbocycles. The second-order valence-electron chi connectivity index (χ2n) is 2.73. The second kappa shape index (κ2) is 3.55. The van der Waals surface area contributed by atoms with Gasteiger partial charge in [-0.2, -0.15) is 0 Å². The third-order valence-corrected chi connectivity index (χ3v) is 3.31. The van der Waals surface area contributed by atoms with Crippen molar-refractivity contribution in [3.8, 4) is 0 Å². The topological polar surface area (TPSA) is 0 Å². The van der Waals surface area contributed by atoms with Crippen LogP contribution < -0.4 is 0 Å². The van der Waals surface area contributed by atoms with Gasteiger partial charge in [0.05, 0.1) is 0 Å². The van der Waals surface area contributed by atoms with Crippen molar-refractivity contribution in [1.82, 2.24) is 0 Å². The van der Waals surface area contributed by atoms with E-state index in [1.807, 2.05) is 23.9 Å². The van der Waals surface area contributed by atoms with Crippen LogP contribution in [0.25, 0.3) is 0 Å². The molecule has 0 N–H and O–H groups in total. The van der Waals surface area contributed by atoms with Crippen molar-refractivity contribution in [1.29, 1.82) is 0 Å². The van der Waals surface area contributed by atoms with Crippen molar-refractivity contribution < 1.29 is 0 Å². The molecule has 0 saturated heterocycles. The molecule has 12 heavy (non-hydrogen) atoms. The molecule has 0 radical (unpaired) electrons. The minimum Gasteiger partial charge on any atom is -0.145 e. The highest BCUT2D eigenvalue weighted by Crippen LogP contribution is 2.34. The van der Waals surface area contributed by atoms with Crippen molar-refractivity contribution in [2.75, 3.05) is 5.75 Å². The number of thioether (sulfide) groups is 1. The van der Waals surface area contributed by atoms with E-state index < -0.39 is 0 Å². The van der Waals surface area contributed by atoms with Gasteiger partial charge in [-0.25, -0.2) is 0 Å². The summed E-state index contributed by atoms with van der Waals surface area (Å²) in [7, 11) is 0. The highest BCUT2D eigenvalue weighted by Gasteiger charge is 2.11. The summed E-state index contributed by atoms with van der Waals surface area (Å²) in [6.45, 7) is 0. The van der Waals surface area contributed by atoms with E-state index in [0.29, 0.717) is 5.25 Å². The van der Waals surface area contributed by atoms with Gasteiger partial charge in [0.15, 0.2) is 0 Å². The molecule has 1 aliphatic rings. The summed E-state index contributed by atoms with van der Waals surface area (Å²) in [5, 5.41) is 1.35. The van der Waals surface area contributed by atoms with E-state index in [0.717, 1.165) is 10.8 Å². The van der Waals surface area contributed by atoms with Gasteiger partial charge < -0.3 is 0 Å². The number of hydrogen-bond donors (Lipinski definition) is 0. The minimum atomic E-state index is 0.544. The van der Waals surface area contributed by atoms with Crippen LogP contribution in [0.3, 0.4) is 0 Å². The Bertz CT molecular complexity index is 289. The summed E-state index contributed by atoms with van der Waals surface area (Å²) < 4.78 is 0. The quantitative estimate of drug-likeness (QED) is 0.618. The van der Waals surface area contributed by atoms with Crippen molar-refractivity contribution in [3.05, 3.63) is 47.0 Å². The fourth-order valence-corrected chi connectivity index (χ4v) is 2.38. The van der Waals surface area contributed by atoms with Crippen molar-refractivity contribution >= 4 is 23.4 Å². The first-order valence-corrected chi connectivity index (χ1v) is 5.33. The molecular formula is C10H9ClS. The minimum absolute atomic E-state index is 0.544. The summed E-state index contributed by atoms with van der Waals surface area (Å²) in [6, 6.07) is 8.08. The predicted molar refractivity (Wildman–Crippen MR) is 55.8 cm³/mol. The third kappa shape index (κ3) is 1.67. The van der Waals surface area contributed by atoms with E-state index >= 15 is 0 Å². The summed E-state index contributed by atoms with van der Waals surface area (Å²) >= 11 is 7.74.